The molecule has 130 valence electrons. The molecule has 8 nitrogen and oxygen atoms in total. The third-order valence-corrected chi connectivity index (χ3v) is 3.66. The van der Waals surface area contributed by atoms with Crippen molar-refractivity contribution in [2.75, 3.05) is 7.11 Å². The topological polar surface area (TPSA) is 111 Å². The van der Waals surface area contributed by atoms with Crippen molar-refractivity contribution >= 4 is 11.7 Å². The molecule has 3 rings (SSSR count). The van der Waals surface area contributed by atoms with Gasteiger partial charge in [0.1, 0.15) is 5.75 Å². The maximum Gasteiger partial charge on any atom is 0.337 e. The number of aromatic nitrogens is 2. The molecule has 0 aliphatic carbocycles. The van der Waals surface area contributed by atoms with Crippen molar-refractivity contribution in [1.29, 1.82) is 0 Å². The predicted molar refractivity (Wildman–Crippen MR) is 87.5 cm³/mol. The Hall–Kier alpha value is -3.29. The Morgan fingerprint density at radius 2 is 2.04 bits per heavy atom. The van der Waals surface area contributed by atoms with Crippen LogP contribution in [0.25, 0.3) is 5.76 Å². The van der Waals surface area contributed by atoms with Gasteiger partial charge in [0.05, 0.1) is 18.2 Å². The number of aliphatic hydroxyl groups is 1. The average Bonchev–Trinajstić information content (AvgIpc) is 2.59. The van der Waals surface area contributed by atoms with Gasteiger partial charge in [0, 0.05) is 12.1 Å². The number of benzene rings is 1. The SMILES string of the molecule is COC(=O)c1ccc2c(c1)C(Oc1ccc(=O)[nH]n1)=C(O)C(C)(C)O2. The molecule has 2 heterocycles. The maximum absolute atomic E-state index is 11.8. The minimum absolute atomic E-state index is 0.0771. The van der Waals surface area contributed by atoms with E-state index in [9.17, 15) is 14.7 Å². The molecule has 0 amide bonds. The third-order valence-electron chi connectivity index (χ3n) is 3.66. The fourth-order valence-corrected chi connectivity index (χ4v) is 2.36. The smallest absolute Gasteiger partial charge is 0.337 e. The van der Waals surface area contributed by atoms with Gasteiger partial charge in [-0.1, -0.05) is 0 Å². The number of carbonyl (C=O) groups excluding carboxylic acids is 1. The van der Waals surface area contributed by atoms with Gasteiger partial charge >= 0.3 is 5.97 Å². The Morgan fingerprint density at radius 3 is 2.68 bits per heavy atom. The van der Waals surface area contributed by atoms with Crippen molar-refractivity contribution in [2.45, 2.75) is 19.4 Å². The predicted octanol–water partition coefficient (Wildman–Crippen LogP) is 2.03. The van der Waals surface area contributed by atoms with Gasteiger partial charge in [-0.3, -0.25) is 4.79 Å². The number of hydrogen-bond acceptors (Lipinski definition) is 7. The number of aromatic amines is 1. The van der Waals surface area contributed by atoms with Gasteiger partial charge in [-0.25, -0.2) is 9.89 Å². The van der Waals surface area contributed by atoms with Crippen LogP contribution in [-0.2, 0) is 4.74 Å². The maximum atomic E-state index is 11.8. The first-order valence-corrected chi connectivity index (χ1v) is 7.41. The molecule has 0 bridgehead atoms. The van der Waals surface area contributed by atoms with Gasteiger partial charge in [-0.15, -0.1) is 5.10 Å². The number of esters is 1. The zero-order valence-electron chi connectivity index (χ0n) is 13.8. The lowest BCUT2D eigenvalue weighted by Crippen LogP contribution is -2.35. The van der Waals surface area contributed by atoms with E-state index in [1.807, 2.05) is 0 Å². The first-order valence-electron chi connectivity index (χ1n) is 7.41. The molecule has 2 N–H and O–H groups in total. The van der Waals surface area contributed by atoms with E-state index in [4.69, 9.17) is 14.2 Å². The Kier molecular flexibility index (Phi) is 3.96. The van der Waals surface area contributed by atoms with Crippen molar-refractivity contribution in [3.63, 3.8) is 0 Å². The second-order valence-electron chi connectivity index (χ2n) is 5.85. The Labute approximate surface area is 142 Å². The molecule has 2 aromatic rings. The van der Waals surface area contributed by atoms with Gasteiger partial charge in [0.25, 0.3) is 5.56 Å². The van der Waals surface area contributed by atoms with Crippen LogP contribution in [0.1, 0.15) is 29.8 Å². The van der Waals surface area contributed by atoms with Crippen molar-refractivity contribution in [2.24, 2.45) is 0 Å². The molecular formula is C17H16N2O6. The van der Waals surface area contributed by atoms with E-state index >= 15 is 0 Å². The lowest BCUT2D eigenvalue weighted by atomic mass is 9.97. The largest absolute Gasteiger partial charge is 0.505 e. The van der Waals surface area contributed by atoms with E-state index in [0.29, 0.717) is 11.3 Å². The summed E-state index contributed by atoms with van der Waals surface area (Å²) in [6, 6.07) is 7.26. The summed E-state index contributed by atoms with van der Waals surface area (Å²) < 4.78 is 16.1. The molecule has 1 aromatic carbocycles. The fourth-order valence-electron chi connectivity index (χ4n) is 2.36. The first-order chi connectivity index (χ1) is 11.8. The van der Waals surface area contributed by atoms with Crippen LogP contribution in [0.5, 0.6) is 11.6 Å². The molecule has 8 heteroatoms. The molecule has 0 radical (unpaired) electrons. The molecule has 1 aromatic heterocycles. The molecule has 1 aliphatic heterocycles. The summed E-state index contributed by atoms with van der Waals surface area (Å²) in [4.78, 5) is 22.9. The summed E-state index contributed by atoms with van der Waals surface area (Å²) in [5, 5.41) is 16.6. The molecule has 0 fully saturated rings. The molecule has 0 saturated carbocycles. The van der Waals surface area contributed by atoms with E-state index < -0.39 is 11.6 Å². The Balaban J connectivity index is 2.11. The van der Waals surface area contributed by atoms with Gasteiger partial charge < -0.3 is 19.3 Å². The molecule has 0 atom stereocenters. The normalized spacial score (nSPS) is 15.2. The molecule has 0 unspecified atom stereocenters. The minimum atomic E-state index is -1.04. The highest BCUT2D eigenvalue weighted by Crippen LogP contribution is 2.40. The second-order valence-corrected chi connectivity index (χ2v) is 5.85. The fraction of sp³-hybridized carbons (Fsp3) is 0.235. The third kappa shape index (κ3) is 3.06. The number of methoxy groups -OCH3 is 1. The number of hydrogen-bond donors (Lipinski definition) is 2. The van der Waals surface area contributed by atoms with Crippen LogP contribution < -0.4 is 15.0 Å². The quantitative estimate of drug-likeness (QED) is 0.820. The van der Waals surface area contributed by atoms with Gasteiger partial charge in [-0.05, 0) is 32.0 Å². The van der Waals surface area contributed by atoms with Crippen LogP contribution in [0.2, 0.25) is 0 Å². The number of fused-ring (bicyclic) bond motifs is 1. The highest BCUT2D eigenvalue weighted by Gasteiger charge is 2.37. The van der Waals surface area contributed by atoms with Crippen molar-refractivity contribution in [1.82, 2.24) is 10.2 Å². The number of nitrogens with zero attached hydrogens (tertiary/aromatic N) is 1. The summed E-state index contributed by atoms with van der Waals surface area (Å²) in [7, 11) is 1.27. The lowest BCUT2D eigenvalue weighted by molar-refractivity contribution is 0.0600. The summed E-state index contributed by atoms with van der Waals surface area (Å²) >= 11 is 0. The number of rotatable bonds is 3. The molecule has 0 saturated heterocycles. The molecule has 1 aliphatic rings. The van der Waals surface area contributed by atoms with E-state index in [0.717, 1.165) is 0 Å². The van der Waals surface area contributed by atoms with Crippen LogP contribution in [0, 0.1) is 0 Å². The van der Waals surface area contributed by atoms with Crippen molar-refractivity contribution in [3.05, 3.63) is 57.6 Å². The lowest BCUT2D eigenvalue weighted by Gasteiger charge is -2.33. The first kappa shape index (κ1) is 16.6. The zero-order valence-corrected chi connectivity index (χ0v) is 13.8. The standard InChI is InChI=1S/C17H16N2O6/c1-17(2)15(21)14(24-13-7-6-12(20)18-19-13)10-8-9(16(22)23-3)4-5-11(10)25-17/h4-8,21H,1-3H3,(H,18,20). The van der Waals surface area contributed by atoms with E-state index in [1.54, 1.807) is 26.0 Å². The van der Waals surface area contributed by atoms with Crippen LogP contribution in [-0.4, -0.2) is 34.0 Å². The summed E-state index contributed by atoms with van der Waals surface area (Å²) in [6.07, 6.45) is 0. The van der Waals surface area contributed by atoms with Crippen LogP contribution in [0.3, 0.4) is 0 Å². The number of aliphatic hydroxyl groups excluding tert-OH is 1. The highest BCUT2D eigenvalue weighted by molar-refractivity contribution is 5.91. The summed E-state index contributed by atoms with van der Waals surface area (Å²) in [5.74, 6) is -0.122. The summed E-state index contributed by atoms with van der Waals surface area (Å²) in [6.45, 7) is 3.34. The zero-order chi connectivity index (χ0) is 18.2. The number of carbonyl (C=O) groups is 1. The van der Waals surface area contributed by atoms with E-state index in [1.165, 1.54) is 25.3 Å². The minimum Gasteiger partial charge on any atom is -0.505 e. The molecule has 0 spiro atoms. The molecule has 25 heavy (non-hydrogen) atoms. The van der Waals surface area contributed by atoms with Crippen molar-refractivity contribution < 1.29 is 24.1 Å². The number of ether oxygens (including phenoxy) is 3. The Morgan fingerprint density at radius 1 is 1.28 bits per heavy atom. The van der Waals surface area contributed by atoms with Gasteiger partial charge in [0.15, 0.2) is 17.1 Å². The average molecular weight is 344 g/mol. The van der Waals surface area contributed by atoms with Crippen LogP contribution in [0.15, 0.2) is 40.9 Å². The van der Waals surface area contributed by atoms with E-state index in [2.05, 4.69) is 10.2 Å². The highest BCUT2D eigenvalue weighted by atomic mass is 16.5. The van der Waals surface area contributed by atoms with Crippen molar-refractivity contribution in [3.8, 4) is 11.6 Å². The van der Waals surface area contributed by atoms with Gasteiger partial charge in [0.2, 0.25) is 5.88 Å². The number of nitrogens with one attached hydrogen (secondary N) is 1. The molecular weight excluding hydrogens is 328 g/mol. The van der Waals surface area contributed by atoms with Gasteiger partial charge in [-0.2, -0.15) is 0 Å². The Bertz CT molecular complexity index is 908. The summed E-state index contributed by atoms with van der Waals surface area (Å²) in [5.41, 5.74) is -0.788. The second kappa shape index (κ2) is 5.97. The van der Waals surface area contributed by atoms with Crippen LogP contribution in [0.4, 0.5) is 0 Å². The van der Waals surface area contributed by atoms with Crippen LogP contribution >= 0.6 is 0 Å². The monoisotopic (exact) mass is 344 g/mol. The van der Waals surface area contributed by atoms with E-state index in [-0.39, 0.29) is 28.5 Å². The number of H-pyrrole nitrogens is 1.